The molecule has 2 N–H and O–H groups in total. The second-order valence-corrected chi connectivity index (χ2v) is 6.26. The van der Waals surface area contributed by atoms with Gasteiger partial charge in [-0.25, -0.2) is 0 Å². The molecule has 0 aromatic heterocycles. The lowest BCUT2D eigenvalue weighted by Gasteiger charge is -2.13. The maximum atomic E-state index is 12.5. The van der Waals surface area contributed by atoms with Gasteiger partial charge in [-0.3, -0.25) is 9.59 Å². The second-order valence-electron chi connectivity index (χ2n) is 6.26. The van der Waals surface area contributed by atoms with Crippen molar-refractivity contribution in [1.82, 2.24) is 0 Å². The van der Waals surface area contributed by atoms with E-state index in [1.165, 1.54) is 6.92 Å². The first-order chi connectivity index (χ1) is 12.5. The van der Waals surface area contributed by atoms with E-state index in [4.69, 9.17) is 4.74 Å². The van der Waals surface area contributed by atoms with Gasteiger partial charge >= 0.3 is 0 Å². The molecule has 0 spiro atoms. The molecule has 138 valence electrons. The van der Waals surface area contributed by atoms with Crippen LogP contribution in [0.4, 0.5) is 11.4 Å². The number of carbonyl (C=O) groups excluding carboxylic acids is 2. The van der Waals surface area contributed by atoms with E-state index < -0.39 is 0 Å². The minimum Gasteiger partial charge on any atom is -0.494 e. The van der Waals surface area contributed by atoms with Crippen LogP contribution in [0.25, 0.3) is 0 Å². The van der Waals surface area contributed by atoms with Crippen molar-refractivity contribution in [2.75, 3.05) is 17.2 Å². The van der Waals surface area contributed by atoms with E-state index in [0.717, 1.165) is 30.6 Å². The third-order valence-corrected chi connectivity index (χ3v) is 3.87. The van der Waals surface area contributed by atoms with Gasteiger partial charge in [0.05, 0.1) is 18.0 Å². The highest BCUT2D eigenvalue weighted by molar-refractivity contribution is 6.07. The molecule has 0 aliphatic rings. The van der Waals surface area contributed by atoms with E-state index in [-0.39, 0.29) is 11.8 Å². The van der Waals surface area contributed by atoms with E-state index in [1.54, 1.807) is 30.3 Å². The van der Waals surface area contributed by atoms with Crippen molar-refractivity contribution in [3.63, 3.8) is 0 Å². The number of anilines is 2. The lowest BCUT2D eigenvalue weighted by Crippen LogP contribution is -2.15. The molecule has 0 atom stereocenters. The summed E-state index contributed by atoms with van der Waals surface area (Å²) in [6, 6.07) is 12.5. The number of benzene rings is 2. The Morgan fingerprint density at radius 2 is 1.69 bits per heavy atom. The molecule has 2 rings (SSSR count). The Balaban J connectivity index is 2.03. The molecule has 0 bridgehead atoms. The fourth-order valence-corrected chi connectivity index (χ4v) is 2.50. The highest BCUT2D eigenvalue weighted by Gasteiger charge is 2.11. The first kappa shape index (κ1) is 19.5. The zero-order valence-corrected chi connectivity index (χ0v) is 15.6. The van der Waals surface area contributed by atoms with E-state index in [9.17, 15) is 9.59 Å². The summed E-state index contributed by atoms with van der Waals surface area (Å²) in [6.07, 6.45) is 3.33. The van der Waals surface area contributed by atoms with E-state index in [2.05, 4.69) is 17.6 Å². The molecule has 0 aliphatic carbocycles. The van der Waals surface area contributed by atoms with Crippen LogP contribution in [-0.4, -0.2) is 18.4 Å². The van der Waals surface area contributed by atoms with E-state index >= 15 is 0 Å². The molecule has 0 heterocycles. The fourth-order valence-electron chi connectivity index (χ4n) is 2.50. The summed E-state index contributed by atoms with van der Waals surface area (Å²) in [4.78, 5) is 23.8. The van der Waals surface area contributed by atoms with Crippen molar-refractivity contribution >= 4 is 23.2 Å². The van der Waals surface area contributed by atoms with Crippen LogP contribution in [0.15, 0.2) is 42.5 Å². The lowest BCUT2D eigenvalue weighted by molar-refractivity contribution is -0.114. The largest absolute Gasteiger partial charge is 0.494 e. The topological polar surface area (TPSA) is 67.4 Å². The van der Waals surface area contributed by atoms with Gasteiger partial charge in [-0.05, 0) is 55.3 Å². The minimum atomic E-state index is -0.236. The molecule has 0 fully saturated rings. The van der Waals surface area contributed by atoms with E-state index in [1.807, 2.05) is 19.1 Å². The van der Waals surface area contributed by atoms with E-state index in [0.29, 0.717) is 23.5 Å². The first-order valence-electron chi connectivity index (χ1n) is 8.92. The van der Waals surface area contributed by atoms with Crippen molar-refractivity contribution < 1.29 is 14.3 Å². The molecule has 5 heteroatoms. The highest BCUT2D eigenvalue weighted by Crippen LogP contribution is 2.24. The van der Waals surface area contributed by atoms with Gasteiger partial charge in [-0.2, -0.15) is 0 Å². The summed E-state index contributed by atoms with van der Waals surface area (Å²) in [5, 5.41) is 5.58. The maximum absolute atomic E-state index is 12.5. The fraction of sp³-hybridized carbons (Fsp3) is 0.333. The molecule has 26 heavy (non-hydrogen) atoms. The number of aryl methyl sites for hydroxylation is 1. The smallest absolute Gasteiger partial charge is 0.255 e. The number of nitrogens with one attached hydrogen (secondary N) is 2. The number of hydrogen-bond donors (Lipinski definition) is 2. The Labute approximate surface area is 154 Å². The standard InChI is InChI=1S/C21H26N2O3/c1-4-5-6-13-26-18-10-8-17(9-11-18)21(25)23-20-14-15(2)7-12-19(20)22-16(3)24/h7-12,14H,4-6,13H2,1-3H3,(H,22,24)(H,23,25). The van der Waals surface area contributed by atoms with Crippen molar-refractivity contribution in [2.45, 2.75) is 40.0 Å². The second kappa shape index (κ2) is 9.61. The molecule has 2 aromatic rings. The zero-order chi connectivity index (χ0) is 18.9. The molecular formula is C21H26N2O3. The summed E-state index contributed by atoms with van der Waals surface area (Å²) in [7, 11) is 0. The van der Waals surface area contributed by atoms with Gasteiger partial charge in [0.2, 0.25) is 5.91 Å². The van der Waals surface area contributed by atoms with Crippen molar-refractivity contribution in [1.29, 1.82) is 0 Å². The lowest BCUT2D eigenvalue weighted by atomic mass is 10.1. The first-order valence-corrected chi connectivity index (χ1v) is 8.92. The van der Waals surface area contributed by atoms with Gasteiger partial charge < -0.3 is 15.4 Å². The number of rotatable bonds is 8. The van der Waals surface area contributed by atoms with Crippen molar-refractivity contribution in [3.8, 4) is 5.75 Å². The SMILES string of the molecule is CCCCCOc1ccc(C(=O)Nc2cc(C)ccc2NC(C)=O)cc1. The predicted octanol–water partition coefficient (Wildman–Crippen LogP) is 4.77. The average molecular weight is 354 g/mol. The monoisotopic (exact) mass is 354 g/mol. The van der Waals surface area contributed by atoms with Gasteiger partial charge in [-0.1, -0.05) is 25.8 Å². The third kappa shape index (κ3) is 5.92. The molecular weight excluding hydrogens is 328 g/mol. The van der Waals surface area contributed by atoms with Crippen molar-refractivity contribution in [3.05, 3.63) is 53.6 Å². The van der Waals surface area contributed by atoms with Gasteiger partial charge in [0.1, 0.15) is 5.75 Å². The zero-order valence-electron chi connectivity index (χ0n) is 15.6. The van der Waals surface area contributed by atoms with Crippen LogP contribution in [0.5, 0.6) is 5.75 Å². The van der Waals surface area contributed by atoms with Crippen LogP contribution in [0, 0.1) is 6.92 Å². The number of unbranched alkanes of at least 4 members (excludes halogenated alkanes) is 2. The highest BCUT2D eigenvalue weighted by atomic mass is 16.5. The van der Waals surface area contributed by atoms with Crippen LogP contribution < -0.4 is 15.4 Å². The Bertz CT molecular complexity index is 754. The quantitative estimate of drug-likeness (QED) is 0.671. The number of hydrogen-bond acceptors (Lipinski definition) is 3. The molecule has 0 unspecified atom stereocenters. The summed E-state index contributed by atoms with van der Waals surface area (Å²) in [6.45, 7) is 6.20. The molecule has 0 saturated carbocycles. The van der Waals surface area contributed by atoms with Crippen LogP contribution >= 0.6 is 0 Å². The normalized spacial score (nSPS) is 10.3. The van der Waals surface area contributed by atoms with Crippen LogP contribution in [0.2, 0.25) is 0 Å². The Morgan fingerprint density at radius 1 is 0.962 bits per heavy atom. The number of ether oxygens (including phenoxy) is 1. The van der Waals surface area contributed by atoms with Gasteiger partial charge in [0.15, 0.2) is 0 Å². The summed E-state index contributed by atoms with van der Waals surface area (Å²) < 4.78 is 5.66. The molecule has 2 amide bonds. The third-order valence-electron chi connectivity index (χ3n) is 3.87. The Hall–Kier alpha value is -2.82. The van der Waals surface area contributed by atoms with Crippen molar-refractivity contribution in [2.24, 2.45) is 0 Å². The summed E-state index contributed by atoms with van der Waals surface area (Å²) in [5.41, 5.74) is 2.67. The Morgan fingerprint density at radius 3 is 2.35 bits per heavy atom. The summed E-state index contributed by atoms with van der Waals surface area (Å²) in [5.74, 6) is 0.334. The number of amides is 2. The molecule has 0 saturated heterocycles. The minimum absolute atomic E-state index is 0.186. The molecule has 0 radical (unpaired) electrons. The molecule has 2 aromatic carbocycles. The van der Waals surface area contributed by atoms with Crippen LogP contribution in [-0.2, 0) is 4.79 Å². The maximum Gasteiger partial charge on any atom is 0.255 e. The predicted molar refractivity (Wildman–Crippen MR) is 105 cm³/mol. The van der Waals surface area contributed by atoms with Gasteiger partial charge in [0, 0.05) is 12.5 Å². The average Bonchev–Trinajstić information content (AvgIpc) is 2.61. The molecule has 0 aliphatic heterocycles. The van der Waals surface area contributed by atoms with Crippen LogP contribution in [0.3, 0.4) is 0 Å². The van der Waals surface area contributed by atoms with Crippen LogP contribution in [0.1, 0.15) is 49.0 Å². The Kier molecular flexibility index (Phi) is 7.21. The van der Waals surface area contributed by atoms with Gasteiger partial charge in [0.25, 0.3) is 5.91 Å². The van der Waals surface area contributed by atoms with Gasteiger partial charge in [-0.15, -0.1) is 0 Å². The molecule has 5 nitrogen and oxygen atoms in total. The summed E-state index contributed by atoms with van der Waals surface area (Å²) >= 11 is 0. The number of carbonyl (C=O) groups is 2.